The van der Waals surface area contributed by atoms with E-state index in [0.717, 1.165) is 4.90 Å². The maximum Gasteiger partial charge on any atom is 0.420 e. The Bertz CT molecular complexity index is 847. The van der Waals surface area contributed by atoms with Crippen molar-refractivity contribution in [3.63, 3.8) is 0 Å². The van der Waals surface area contributed by atoms with E-state index in [1.165, 1.54) is 55.8 Å². The van der Waals surface area contributed by atoms with Gasteiger partial charge in [-0.15, -0.1) is 0 Å². The maximum atomic E-state index is 14.1. The Morgan fingerprint density at radius 1 is 1.24 bits per heavy atom. The minimum absolute atomic E-state index is 0.109. The van der Waals surface area contributed by atoms with Gasteiger partial charge in [0, 0.05) is 6.20 Å². The fraction of sp³-hybridized carbons (Fsp3) is 0.176. The van der Waals surface area contributed by atoms with Crippen molar-refractivity contribution in [2.45, 2.75) is 11.7 Å². The van der Waals surface area contributed by atoms with E-state index in [2.05, 4.69) is 0 Å². The van der Waals surface area contributed by atoms with Gasteiger partial charge < -0.3 is 10.1 Å². The van der Waals surface area contributed by atoms with Crippen LogP contribution in [0.3, 0.4) is 0 Å². The second-order valence-electron chi connectivity index (χ2n) is 5.35. The molecule has 0 aromatic heterocycles. The van der Waals surface area contributed by atoms with Gasteiger partial charge in [-0.1, -0.05) is 18.2 Å². The lowest BCUT2D eigenvalue weighted by atomic mass is 9.79. The quantitative estimate of drug-likeness (QED) is 0.892. The zero-order chi connectivity index (χ0) is 18.2. The molecule has 3 rings (SSSR count). The fourth-order valence-corrected chi connectivity index (χ4v) is 2.87. The Hall–Kier alpha value is -3.21. The molecule has 25 heavy (non-hydrogen) atoms. The minimum Gasteiger partial charge on any atom is -0.497 e. The first kappa shape index (κ1) is 16.6. The van der Waals surface area contributed by atoms with Crippen LogP contribution in [0.5, 0.6) is 5.75 Å². The van der Waals surface area contributed by atoms with Gasteiger partial charge in [0.25, 0.3) is 0 Å². The molecule has 2 amide bonds. The highest BCUT2D eigenvalue weighted by atomic mass is 19.4. The van der Waals surface area contributed by atoms with Crippen LogP contribution in [0.1, 0.15) is 5.56 Å². The maximum absolute atomic E-state index is 14.1. The molecule has 1 aromatic carbocycles. The van der Waals surface area contributed by atoms with Crippen LogP contribution in [0.25, 0.3) is 0 Å². The van der Waals surface area contributed by atoms with Crippen molar-refractivity contribution in [1.82, 2.24) is 10.2 Å². The van der Waals surface area contributed by atoms with Gasteiger partial charge in [-0.25, -0.2) is 4.79 Å². The number of nitrogens with zero attached hydrogens (tertiary/aromatic N) is 2. The molecular weight excluding hydrogens is 335 g/mol. The third-order valence-corrected chi connectivity index (χ3v) is 4.06. The summed E-state index contributed by atoms with van der Waals surface area (Å²) in [6, 6.07) is 5.72. The summed E-state index contributed by atoms with van der Waals surface area (Å²) in [5.41, 5.74) is -3.93. The first-order valence-electron chi connectivity index (χ1n) is 7.17. The van der Waals surface area contributed by atoms with E-state index in [1.54, 1.807) is 6.07 Å². The Balaban J connectivity index is 2.32. The van der Waals surface area contributed by atoms with E-state index in [1.807, 2.05) is 5.32 Å². The van der Waals surface area contributed by atoms with Crippen molar-refractivity contribution in [2.75, 3.05) is 7.11 Å². The summed E-state index contributed by atoms with van der Waals surface area (Å²) in [6.07, 6.45) is 0.636. The van der Waals surface area contributed by atoms with E-state index in [9.17, 15) is 23.2 Å². The number of urea groups is 1. The summed E-state index contributed by atoms with van der Waals surface area (Å²) in [4.78, 5) is 13.3. The molecule has 0 fully saturated rings. The van der Waals surface area contributed by atoms with Gasteiger partial charge in [0.2, 0.25) is 5.54 Å². The summed E-state index contributed by atoms with van der Waals surface area (Å²) in [6.45, 7) is 0. The van der Waals surface area contributed by atoms with E-state index >= 15 is 0 Å². The molecule has 5 nitrogen and oxygen atoms in total. The number of hydrogen-bond acceptors (Lipinski definition) is 3. The number of benzene rings is 1. The molecule has 1 atom stereocenters. The van der Waals surface area contributed by atoms with Gasteiger partial charge in [-0.2, -0.15) is 18.4 Å². The van der Waals surface area contributed by atoms with Gasteiger partial charge in [0.1, 0.15) is 11.8 Å². The Morgan fingerprint density at radius 2 is 1.92 bits per heavy atom. The average molecular weight is 347 g/mol. The van der Waals surface area contributed by atoms with Gasteiger partial charge in [0.15, 0.2) is 0 Å². The van der Waals surface area contributed by atoms with E-state index < -0.39 is 23.3 Å². The van der Waals surface area contributed by atoms with Crippen LogP contribution in [0.15, 0.2) is 60.0 Å². The molecule has 1 N–H and O–H groups in total. The predicted octanol–water partition coefficient (Wildman–Crippen LogP) is 3.34. The molecule has 2 heterocycles. The van der Waals surface area contributed by atoms with E-state index in [4.69, 9.17) is 4.74 Å². The van der Waals surface area contributed by atoms with E-state index in [0.29, 0.717) is 5.75 Å². The number of carbonyl (C=O) groups excluding carboxylic acids is 1. The molecule has 0 radical (unpaired) electrons. The van der Waals surface area contributed by atoms with Crippen LogP contribution in [-0.4, -0.2) is 24.2 Å². The number of carbonyl (C=O) groups is 1. The van der Waals surface area contributed by atoms with Crippen LogP contribution < -0.4 is 10.1 Å². The Labute approximate surface area is 141 Å². The monoisotopic (exact) mass is 347 g/mol. The lowest BCUT2D eigenvalue weighted by Crippen LogP contribution is -2.62. The third-order valence-electron chi connectivity index (χ3n) is 4.06. The molecule has 1 aromatic rings. The Morgan fingerprint density at radius 3 is 2.48 bits per heavy atom. The number of amides is 2. The smallest absolute Gasteiger partial charge is 0.420 e. The van der Waals surface area contributed by atoms with Crippen LogP contribution in [0, 0.1) is 11.3 Å². The number of ether oxygens (including phenoxy) is 1. The summed E-state index contributed by atoms with van der Waals surface area (Å²) < 4.78 is 47.4. The highest BCUT2D eigenvalue weighted by molar-refractivity contribution is 5.84. The Kier molecular flexibility index (Phi) is 3.80. The molecule has 2 aliphatic rings. The predicted molar refractivity (Wildman–Crippen MR) is 82.0 cm³/mol. The van der Waals surface area contributed by atoms with Crippen molar-refractivity contribution < 1.29 is 22.7 Å². The number of alkyl halides is 3. The summed E-state index contributed by atoms with van der Waals surface area (Å²) >= 11 is 0. The first-order chi connectivity index (χ1) is 11.8. The first-order valence-corrected chi connectivity index (χ1v) is 7.17. The molecule has 0 saturated heterocycles. The van der Waals surface area contributed by atoms with Crippen molar-refractivity contribution in [3.8, 4) is 11.8 Å². The molecule has 8 heteroatoms. The number of nitrogens with one attached hydrogen (secondary N) is 1. The zero-order valence-electron chi connectivity index (χ0n) is 13.0. The van der Waals surface area contributed by atoms with Crippen LogP contribution >= 0.6 is 0 Å². The van der Waals surface area contributed by atoms with Crippen LogP contribution in [0.4, 0.5) is 18.0 Å². The second-order valence-corrected chi connectivity index (χ2v) is 5.35. The van der Waals surface area contributed by atoms with Crippen molar-refractivity contribution in [2.24, 2.45) is 0 Å². The van der Waals surface area contributed by atoms with Crippen molar-refractivity contribution >= 4 is 6.03 Å². The molecular formula is C17H12F3N3O2. The largest absolute Gasteiger partial charge is 0.497 e. The number of nitriles is 1. The topological polar surface area (TPSA) is 65.4 Å². The number of halogens is 3. The highest BCUT2D eigenvalue weighted by Gasteiger charge is 2.63. The van der Waals surface area contributed by atoms with Gasteiger partial charge in [-0.3, -0.25) is 4.90 Å². The summed E-state index contributed by atoms with van der Waals surface area (Å²) in [7, 11) is 1.39. The molecule has 0 bridgehead atoms. The fourth-order valence-electron chi connectivity index (χ4n) is 2.87. The van der Waals surface area contributed by atoms with Crippen LogP contribution in [-0.2, 0) is 5.54 Å². The van der Waals surface area contributed by atoms with Gasteiger partial charge in [0.05, 0.1) is 18.4 Å². The number of hydrogen-bond donors (Lipinski definition) is 1. The van der Waals surface area contributed by atoms with Crippen LogP contribution in [0.2, 0.25) is 0 Å². The molecule has 0 spiro atoms. The normalized spacial score (nSPS) is 22.4. The van der Waals surface area contributed by atoms with Gasteiger partial charge in [-0.05, 0) is 29.8 Å². The summed E-state index contributed by atoms with van der Waals surface area (Å²) in [5, 5.41) is 11.5. The molecule has 128 valence electrons. The number of allylic oxidation sites excluding steroid dienone is 3. The number of rotatable bonds is 2. The minimum atomic E-state index is -4.93. The third kappa shape index (κ3) is 2.36. The van der Waals surface area contributed by atoms with E-state index in [-0.39, 0.29) is 11.3 Å². The average Bonchev–Trinajstić information content (AvgIpc) is 2.60. The van der Waals surface area contributed by atoms with Crippen molar-refractivity contribution in [1.29, 1.82) is 5.26 Å². The van der Waals surface area contributed by atoms with Gasteiger partial charge >= 0.3 is 12.2 Å². The standard InChI is InChI=1S/C17H12F3N3O2/c1-25-12-7-5-11(6-8-12)16(17(18,19)20)13(10-21)14-4-2-3-9-23(14)15(24)22-16/h2-9H,1H3,(H,22,24)/t16-/m1/s1. The molecule has 0 unspecified atom stereocenters. The highest BCUT2D eigenvalue weighted by Crippen LogP contribution is 2.48. The van der Waals surface area contributed by atoms with Crippen molar-refractivity contribution in [3.05, 3.63) is 65.5 Å². The molecule has 2 aliphatic heterocycles. The molecule has 0 saturated carbocycles. The zero-order valence-corrected chi connectivity index (χ0v) is 13.0. The second kappa shape index (κ2) is 5.70. The number of methoxy groups -OCH3 is 1. The lowest BCUT2D eigenvalue weighted by Gasteiger charge is -2.43. The SMILES string of the molecule is COc1ccc([C@@]2(C(F)(F)F)NC(=O)N3C=CC=CC3=C2C#N)cc1. The summed E-state index contributed by atoms with van der Waals surface area (Å²) in [5.74, 6) is 0.358. The lowest BCUT2D eigenvalue weighted by molar-refractivity contribution is -0.186. The number of fused-ring (bicyclic) bond motifs is 1. The molecule has 0 aliphatic carbocycles.